The van der Waals surface area contributed by atoms with Crippen LogP contribution in [0.25, 0.3) is 0 Å². The molecule has 2 rings (SSSR count). The van der Waals surface area contributed by atoms with E-state index in [0.29, 0.717) is 0 Å². The van der Waals surface area contributed by atoms with Crippen molar-refractivity contribution >= 4 is 11.9 Å². The summed E-state index contributed by atoms with van der Waals surface area (Å²) >= 11 is 0. The molecule has 1 N–H and O–H groups in total. The summed E-state index contributed by atoms with van der Waals surface area (Å²) in [6.45, 7) is 0. The van der Waals surface area contributed by atoms with E-state index in [4.69, 9.17) is 4.74 Å². The smallest absolute Gasteiger partial charge is 0.309 e. The minimum absolute atomic E-state index is 0.140. The van der Waals surface area contributed by atoms with Crippen molar-refractivity contribution in [3.63, 3.8) is 0 Å². The van der Waals surface area contributed by atoms with E-state index in [1.54, 1.807) is 0 Å². The van der Waals surface area contributed by atoms with Gasteiger partial charge in [-0.15, -0.1) is 0 Å². The molecule has 4 atom stereocenters. The van der Waals surface area contributed by atoms with Gasteiger partial charge in [0.05, 0.1) is 18.9 Å². The molecule has 4 nitrogen and oxygen atoms in total. The van der Waals surface area contributed by atoms with E-state index >= 15 is 0 Å². The molecule has 2 aliphatic rings. The third-order valence-corrected chi connectivity index (χ3v) is 4.12. The number of allylic oxidation sites excluding steroid dienone is 2. The Morgan fingerprint density at radius 1 is 1.12 bits per heavy atom. The lowest BCUT2D eigenvalue weighted by molar-refractivity contribution is -0.178. The Labute approximate surface area is 101 Å². The molecule has 1 saturated carbocycles. The normalized spacial score (nSPS) is 37.9. The Hall–Kier alpha value is -1.32. The first-order valence-corrected chi connectivity index (χ1v) is 6.12. The van der Waals surface area contributed by atoms with Gasteiger partial charge in [-0.1, -0.05) is 12.2 Å². The summed E-state index contributed by atoms with van der Waals surface area (Å²) in [4.78, 5) is 22.9. The van der Waals surface area contributed by atoms with E-state index in [0.717, 1.165) is 25.7 Å². The molecule has 2 aliphatic carbocycles. The molecule has 4 heteroatoms. The molecular formula is C13H18O4. The van der Waals surface area contributed by atoms with Crippen molar-refractivity contribution in [2.24, 2.45) is 23.7 Å². The number of methoxy groups -OCH3 is 1. The van der Waals surface area contributed by atoms with E-state index in [1.807, 2.05) is 0 Å². The van der Waals surface area contributed by atoms with Gasteiger partial charge in [0.25, 0.3) is 0 Å². The van der Waals surface area contributed by atoms with E-state index in [2.05, 4.69) is 12.2 Å². The predicted octanol–water partition coefficient (Wildman–Crippen LogP) is 1.85. The highest BCUT2D eigenvalue weighted by Gasteiger charge is 2.56. The van der Waals surface area contributed by atoms with E-state index < -0.39 is 17.8 Å². The molecule has 0 aromatic rings. The van der Waals surface area contributed by atoms with Gasteiger partial charge in [0.1, 0.15) is 0 Å². The average Bonchev–Trinajstić information content (AvgIpc) is 2.26. The second-order valence-corrected chi connectivity index (χ2v) is 4.87. The minimum atomic E-state index is -0.855. The number of ether oxygens (including phenoxy) is 1. The van der Waals surface area contributed by atoms with Crippen LogP contribution in [0, 0.1) is 23.7 Å². The lowest BCUT2D eigenvalue weighted by Gasteiger charge is -2.49. The van der Waals surface area contributed by atoms with Crippen LogP contribution in [-0.2, 0) is 14.3 Å². The minimum Gasteiger partial charge on any atom is -0.481 e. The molecular weight excluding hydrogens is 220 g/mol. The number of fused-ring (bicyclic) bond motifs is 1. The number of hydrogen-bond donors (Lipinski definition) is 1. The quantitative estimate of drug-likeness (QED) is 0.589. The number of hydrogen-bond acceptors (Lipinski definition) is 3. The van der Waals surface area contributed by atoms with Gasteiger partial charge in [0.2, 0.25) is 0 Å². The van der Waals surface area contributed by atoms with Gasteiger partial charge in [-0.05, 0) is 37.5 Å². The number of carboxylic acids is 1. The maximum atomic E-state index is 11.7. The molecule has 0 heterocycles. The number of rotatable bonds is 2. The lowest BCUT2D eigenvalue weighted by Crippen LogP contribution is -2.54. The van der Waals surface area contributed by atoms with Crippen LogP contribution >= 0.6 is 0 Å². The number of esters is 1. The maximum absolute atomic E-state index is 11.7. The number of carbonyl (C=O) groups excluding carboxylic acids is 1. The fourth-order valence-corrected chi connectivity index (χ4v) is 3.31. The molecule has 0 aromatic heterocycles. The van der Waals surface area contributed by atoms with Crippen molar-refractivity contribution in [1.82, 2.24) is 0 Å². The van der Waals surface area contributed by atoms with Gasteiger partial charge in [-0.3, -0.25) is 9.59 Å². The summed E-state index contributed by atoms with van der Waals surface area (Å²) in [5, 5.41) is 9.22. The molecule has 0 radical (unpaired) electrons. The summed E-state index contributed by atoms with van der Waals surface area (Å²) < 4.78 is 4.74. The van der Waals surface area contributed by atoms with Crippen molar-refractivity contribution in [3.8, 4) is 0 Å². The summed E-state index contributed by atoms with van der Waals surface area (Å²) in [7, 11) is 1.33. The van der Waals surface area contributed by atoms with Crippen LogP contribution in [0.5, 0.6) is 0 Å². The number of carboxylic acid groups (broad SMARTS) is 1. The van der Waals surface area contributed by atoms with Crippen LogP contribution in [0.2, 0.25) is 0 Å². The molecule has 0 bridgehead atoms. The molecule has 0 spiro atoms. The molecule has 0 aromatic carbocycles. The Morgan fingerprint density at radius 2 is 1.65 bits per heavy atom. The monoisotopic (exact) mass is 238 g/mol. The molecule has 0 unspecified atom stereocenters. The van der Waals surface area contributed by atoms with Crippen molar-refractivity contribution in [3.05, 3.63) is 12.2 Å². The second kappa shape index (κ2) is 4.90. The predicted molar refractivity (Wildman–Crippen MR) is 61.2 cm³/mol. The fraction of sp³-hybridized carbons (Fsp3) is 0.692. The highest BCUT2D eigenvalue weighted by molar-refractivity contribution is 5.83. The molecule has 17 heavy (non-hydrogen) atoms. The van der Waals surface area contributed by atoms with Crippen molar-refractivity contribution in [2.45, 2.75) is 25.7 Å². The molecule has 0 aliphatic heterocycles. The molecule has 0 amide bonds. The standard InChI is InChI=1S/C13H18O4/c1-17-13(16)11-9-7-5-3-2-4-6-8(9)10(11)12(14)15/h2-3,8-11H,4-7H2,1H3,(H,14,15)/b3-2-/t8-,9-,10-,11+/m0/s1. The first-order valence-electron chi connectivity index (χ1n) is 6.12. The fourth-order valence-electron chi connectivity index (χ4n) is 3.31. The lowest BCUT2D eigenvalue weighted by atomic mass is 9.53. The van der Waals surface area contributed by atoms with Gasteiger partial charge in [0, 0.05) is 0 Å². The van der Waals surface area contributed by atoms with Gasteiger partial charge in [0.15, 0.2) is 0 Å². The largest absolute Gasteiger partial charge is 0.481 e. The Kier molecular flexibility index (Phi) is 3.50. The number of carbonyl (C=O) groups is 2. The highest BCUT2D eigenvalue weighted by Crippen LogP contribution is 2.52. The van der Waals surface area contributed by atoms with E-state index in [9.17, 15) is 14.7 Å². The second-order valence-electron chi connectivity index (χ2n) is 4.87. The maximum Gasteiger partial charge on any atom is 0.309 e. The third-order valence-electron chi connectivity index (χ3n) is 4.12. The third kappa shape index (κ3) is 2.08. The van der Waals surface area contributed by atoms with Crippen molar-refractivity contribution in [2.75, 3.05) is 7.11 Å². The first-order chi connectivity index (χ1) is 8.16. The van der Waals surface area contributed by atoms with Crippen LogP contribution < -0.4 is 0 Å². The Morgan fingerprint density at radius 3 is 2.12 bits per heavy atom. The zero-order chi connectivity index (χ0) is 12.4. The van der Waals surface area contributed by atoms with Crippen LogP contribution in [0.4, 0.5) is 0 Å². The van der Waals surface area contributed by atoms with E-state index in [-0.39, 0.29) is 17.8 Å². The van der Waals surface area contributed by atoms with Gasteiger partial charge < -0.3 is 9.84 Å². The summed E-state index contributed by atoms with van der Waals surface area (Å²) in [6, 6.07) is 0. The first kappa shape index (κ1) is 12.1. The van der Waals surface area contributed by atoms with Gasteiger partial charge in [-0.25, -0.2) is 0 Å². The summed E-state index contributed by atoms with van der Waals surface area (Å²) in [5.41, 5.74) is 0. The van der Waals surface area contributed by atoms with Gasteiger partial charge in [-0.2, -0.15) is 0 Å². The van der Waals surface area contributed by atoms with Crippen LogP contribution in [0.15, 0.2) is 12.2 Å². The Bertz CT molecular complexity index is 347. The topological polar surface area (TPSA) is 63.6 Å². The molecule has 0 saturated heterocycles. The summed E-state index contributed by atoms with van der Waals surface area (Å²) in [5.74, 6) is -1.86. The highest BCUT2D eigenvalue weighted by atomic mass is 16.5. The zero-order valence-corrected chi connectivity index (χ0v) is 9.96. The number of aliphatic carboxylic acids is 1. The average molecular weight is 238 g/mol. The van der Waals surface area contributed by atoms with Gasteiger partial charge >= 0.3 is 11.9 Å². The van der Waals surface area contributed by atoms with Crippen LogP contribution in [0.1, 0.15) is 25.7 Å². The molecule has 1 fully saturated rings. The van der Waals surface area contributed by atoms with E-state index in [1.165, 1.54) is 7.11 Å². The SMILES string of the molecule is COC(=O)[C@@H]1[C@H]2CC/C=C\CC[C@@H]2[C@@H]1C(=O)O. The van der Waals surface area contributed by atoms with Crippen LogP contribution in [-0.4, -0.2) is 24.2 Å². The Balaban J connectivity index is 2.17. The van der Waals surface area contributed by atoms with Crippen LogP contribution in [0.3, 0.4) is 0 Å². The van der Waals surface area contributed by atoms with Crippen molar-refractivity contribution in [1.29, 1.82) is 0 Å². The zero-order valence-electron chi connectivity index (χ0n) is 9.96. The summed E-state index contributed by atoms with van der Waals surface area (Å²) in [6.07, 6.45) is 7.84. The van der Waals surface area contributed by atoms with Crippen molar-refractivity contribution < 1.29 is 19.4 Å². The molecule has 94 valence electrons.